The minimum Gasteiger partial charge on any atom is -0.394 e. The number of aromatic nitrogens is 5. The van der Waals surface area contributed by atoms with Crippen LogP contribution < -0.4 is 0 Å². The average Bonchev–Trinajstić information content (AvgIpc) is 3.24. The molecule has 0 fully saturated rings. The number of hydrogen-bond acceptors (Lipinski definition) is 3. The Morgan fingerprint density at radius 3 is 2.52 bits per heavy atom. The second-order valence-corrected chi connectivity index (χ2v) is 6.86. The van der Waals surface area contributed by atoms with Gasteiger partial charge in [-0.05, 0) is 60.1 Å². The smallest absolute Gasteiger partial charge is 0.160 e. The van der Waals surface area contributed by atoms with Gasteiger partial charge in [0.25, 0.3) is 0 Å². The molecule has 1 aromatic carbocycles. The summed E-state index contributed by atoms with van der Waals surface area (Å²) in [4.78, 5) is 0. The van der Waals surface area contributed by atoms with Gasteiger partial charge >= 0.3 is 0 Å². The van der Waals surface area contributed by atoms with Crippen molar-refractivity contribution in [1.82, 2.24) is 24.1 Å². The molecular weight excluding hydrogens is 382 g/mol. The number of aryl methyl sites for hydroxylation is 2. The van der Waals surface area contributed by atoms with Crippen LogP contribution >= 0.6 is 15.9 Å². The maximum atomic E-state index is 9.07. The van der Waals surface area contributed by atoms with Crippen LogP contribution in [0.15, 0.2) is 47.2 Å². The van der Waals surface area contributed by atoms with Crippen LogP contribution in [-0.4, -0.2) is 35.8 Å². The highest BCUT2D eigenvalue weighted by Gasteiger charge is 2.13. The maximum Gasteiger partial charge on any atom is 0.160 e. The van der Waals surface area contributed by atoms with Crippen LogP contribution in [-0.2, 0) is 6.54 Å². The van der Waals surface area contributed by atoms with Crippen molar-refractivity contribution < 1.29 is 5.11 Å². The molecule has 0 radical (unpaired) electrons. The molecule has 0 atom stereocenters. The van der Waals surface area contributed by atoms with Gasteiger partial charge < -0.3 is 9.67 Å². The SMILES string of the molecule is Cc1ccc(C)n1-c1cc(Br)n(-c2ccc3nn(CCO)cc3c2)n1. The molecule has 4 aromatic rings. The van der Waals surface area contributed by atoms with Gasteiger partial charge in [0.2, 0.25) is 0 Å². The highest BCUT2D eigenvalue weighted by Crippen LogP contribution is 2.24. The lowest BCUT2D eigenvalue weighted by atomic mass is 10.2. The molecule has 6 nitrogen and oxygen atoms in total. The molecule has 7 heteroatoms. The second kappa shape index (κ2) is 6.16. The Labute approximate surface area is 153 Å². The molecule has 25 heavy (non-hydrogen) atoms. The lowest BCUT2D eigenvalue weighted by Crippen LogP contribution is -2.02. The largest absolute Gasteiger partial charge is 0.394 e. The van der Waals surface area contributed by atoms with Crippen molar-refractivity contribution in [2.75, 3.05) is 6.61 Å². The van der Waals surface area contributed by atoms with Gasteiger partial charge in [-0.15, -0.1) is 5.10 Å². The van der Waals surface area contributed by atoms with Gasteiger partial charge in [-0.3, -0.25) is 4.68 Å². The standard InChI is InChI=1S/C18H18BrN5O/c1-12-3-4-13(2)23(12)18-10-17(19)24(21-18)15-5-6-16-14(9-15)11-22(20-16)7-8-25/h3-6,9-11,25H,7-8H2,1-2H3. The predicted molar refractivity (Wildman–Crippen MR) is 100 cm³/mol. The van der Waals surface area contributed by atoms with Crippen molar-refractivity contribution >= 4 is 26.8 Å². The molecule has 0 saturated heterocycles. The highest BCUT2D eigenvalue weighted by molar-refractivity contribution is 9.10. The Kier molecular flexibility index (Phi) is 3.97. The van der Waals surface area contributed by atoms with Gasteiger partial charge in [-0.25, -0.2) is 4.68 Å². The summed E-state index contributed by atoms with van der Waals surface area (Å²) in [5.41, 5.74) is 4.15. The topological polar surface area (TPSA) is 60.8 Å². The number of halogens is 1. The van der Waals surface area contributed by atoms with E-state index >= 15 is 0 Å². The first-order valence-electron chi connectivity index (χ1n) is 8.06. The molecule has 0 unspecified atom stereocenters. The molecule has 3 heterocycles. The Morgan fingerprint density at radius 2 is 1.80 bits per heavy atom. The molecule has 0 aliphatic carbocycles. The van der Waals surface area contributed by atoms with Crippen LogP contribution in [0.5, 0.6) is 0 Å². The van der Waals surface area contributed by atoms with E-state index in [4.69, 9.17) is 10.2 Å². The van der Waals surface area contributed by atoms with E-state index in [1.54, 1.807) is 4.68 Å². The molecule has 128 valence electrons. The number of aliphatic hydroxyl groups excluding tert-OH is 1. The van der Waals surface area contributed by atoms with E-state index in [-0.39, 0.29) is 6.61 Å². The van der Waals surface area contributed by atoms with Crippen LogP contribution in [0, 0.1) is 13.8 Å². The van der Waals surface area contributed by atoms with E-state index in [2.05, 4.69) is 51.6 Å². The lowest BCUT2D eigenvalue weighted by molar-refractivity contribution is 0.270. The molecule has 4 rings (SSSR count). The number of hydrogen-bond donors (Lipinski definition) is 1. The lowest BCUT2D eigenvalue weighted by Gasteiger charge is -2.05. The molecule has 0 amide bonds. The van der Waals surface area contributed by atoms with Crippen LogP contribution in [0.4, 0.5) is 0 Å². The van der Waals surface area contributed by atoms with Crippen LogP contribution in [0.1, 0.15) is 11.4 Å². The van der Waals surface area contributed by atoms with Gasteiger partial charge in [-0.2, -0.15) is 5.10 Å². The van der Waals surface area contributed by atoms with Crippen LogP contribution in [0.2, 0.25) is 0 Å². The summed E-state index contributed by atoms with van der Waals surface area (Å²) in [7, 11) is 0. The first-order valence-corrected chi connectivity index (χ1v) is 8.85. The summed E-state index contributed by atoms with van der Waals surface area (Å²) < 4.78 is 6.64. The molecule has 1 N–H and O–H groups in total. The Morgan fingerprint density at radius 1 is 1.04 bits per heavy atom. The average molecular weight is 400 g/mol. The van der Waals surface area contributed by atoms with E-state index in [1.807, 2.05) is 35.1 Å². The van der Waals surface area contributed by atoms with Gasteiger partial charge in [0.1, 0.15) is 4.60 Å². The van der Waals surface area contributed by atoms with Crippen molar-refractivity contribution in [3.05, 3.63) is 58.6 Å². The van der Waals surface area contributed by atoms with Crippen molar-refractivity contribution in [2.45, 2.75) is 20.4 Å². The molecule has 0 aliphatic rings. The zero-order chi connectivity index (χ0) is 17.6. The van der Waals surface area contributed by atoms with Crippen molar-refractivity contribution in [1.29, 1.82) is 0 Å². The van der Waals surface area contributed by atoms with E-state index in [1.165, 1.54) is 0 Å². The molecule has 0 spiro atoms. The normalized spacial score (nSPS) is 11.5. The number of nitrogens with zero attached hydrogens (tertiary/aromatic N) is 5. The van der Waals surface area contributed by atoms with E-state index in [9.17, 15) is 0 Å². The third kappa shape index (κ3) is 2.79. The highest BCUT2D eigenvalue weighted by atomic mass is 79.9. The summed E-state index contributed by atoms with van der Waals surface area (Å²) in [6.45, 7) is 4.71. The van der Waals surface area contributed by atoms with Gasteiger partial charge in [0.05, 0.1) is 24.4 Å². The quantitative estimate of drug-likeness (QED) is 0.571. The van der Waals surface area contributed by atoms with E-state index in [0.29, 0.717) is 6.54 Å². The van der Waals surface area contributed by atoms with Gasteiger partial charge in [0, 0.05) is 29.0 Å². The zero-order valence-electron chi connectivity index (χ0n) is 14.0. The number of fused-ring (bicyclic) bond motifs is 1. The van der Waals surface area contributed by atoms with Crippen molar-refractivity contribution in [3.8, 4) is 11.5 Å². The molecule has 3 aromatic heterocycles. The fourth-order valence-electron chi connectivity index (χ4n) is 3.08. The Balaban J connectivity index is 1.78. The summed E-state index contributed by atoms with van der Waals surface area (Å²) in [5, 5.41) is 19.3. The van der Waals surface area contributed by atoms with Gasteiger partial charge in [-0.1, -0.05) is 0 Å². The minimum atomic E-state index is 0.0739. The summed E-state index contributed by atoms with van der Waals surface area (Å²) in [6, 6.07) is 12.2. The fraction of sp³-hybridized carbons (Fsp3) is 0.222. The minimum absolute atomic E-state index is 0.0739. The summed E-state index contributed by atoms with van der Waals surface area (Å²) in [5.74, 6) is 0.878. The van der Waals surface area contributed by atoms with Crippen LogP contribution in [0.25, 0.3) is 22.4 Å². The zero-order valence-corrected chi connectivity index (χ0v) is 15.6. The number of benzene rings is 1. The third-order valence-electron chi connectivity index (χ3n) is 4.26. The number of rotatable bonds is 4. The number of aliphatic hydroxyl groups is 1. The summed E-state index contributed by atoms with van der Waals surface area (Å²) >= 11 is 3.62. The molecule has 0 saturated carbocycles. The first kappa shape index (κ1) is 16.1. The monoisotopic (exact) mass is 399 g/mol. The first-order chi connectivity index (χ1) is 12.1. The second-order valence-electron chi connectivity index (χ2n) is 6.05. The van der Waals surface area contributed by atoms with Crippen molar-refractivity contribution in [3.63, 3.8) is 0 Å². The van der Waals surface area contributed by atoms with E-state index < -0.39 is 0 Å². The van der Waals surface area contributed by atoms with Crippen molar-refractivity contribution in [2.24, 2.45) is 0 Å². The Hall–Kier alpha value is -2.38. The third-order valence-corrected chi connectivity index (χ3v) is 4.83. The van der Waals surface area contributed by atoms with Gasteiger partial charge in [0.15, 0.2) is 5.82 Å². The molecular formula is C18H18BrN5O. The molecule has 0 bridgehead atoms. The Bertz CT molecular complexity index is 1040. The fourth-order valence-corrected chi connectivity index (χ4v) is 3.57. The maximum absolute atomic E-state index is 9.07. The summed E-state index contributed by atoms with van der Waals surface area (Å²) in [6.07, 6.45) is 1.94. The van der Waals surface area contributed by atoms with Crippen LogP contribution in [0.3, 0.4) is 0 Å². The molecule has 0 aliphatic heterocycles. The van der Waals surface area contributed by atoms with E-state index in [0.717, 1.165) is 38.4 Å². The predicted octanol–water partition coefficient (Wildman–Crippen LogP) is 3.38.